The molecule has 2 aromatic rings. The number of rotatable bonds is 3. The summed E-state index contributed by atoms with van der Waals surface area (Å²) >= 11 is 0. The highest BCUT2D eigenvalue weighted by Crippen LogP contribution is 2.28. The van der Waals surface area contributed by atoms with Crippen LogP contribution in [0.2, 0.25) is 0 Å². The Balaban J connectivity index is 1.91. The van der Waals surface area contributed by atoms with Gasteiger partial charge < -0.3 is 15.4 Å². The minimum atomic E-state index is -1.14. The van der Waals surface area contributed by atoms with Crippen LogP contribution < -0.4 is 5.32 Å². The first kappa shape index (κ1) is 14.6. The van der Waals surface area contributed by atoms with Crippen LogP contribution in [-0.2, 0) is 4.79 Å². The number of amides is 1. The van der Waals surface area contributed by atoms with Crippen molar-refractivity contribution in [3.63, 3.8) is 0 Å². The standard InChI is InChI=1S/C17H20N2O3/c20-15(13-7-5-6-12-8-11-18-14(12)13)19-17(16(21)22)9-3-1-2-4-10-17/h5-8,11,18H,1-4,9-10H2,(H,19,20)(H,21,22). The monoisotopic (exact) mass is 300 g/mol. The second kappa shape index (κ2) is 5.83. The fourth-order valence-corrected chi connectivity index (χ4v) is 3.28. The first-order valence-corrected chi connectivity index (χ1v) is 7.74. The highest BCUT2D eigenvalue weighted by Gasteiger charge is 2.40. The molecule has 1 heterocycles. The molecule has 1 aliphatic carbocycles. The highest BCUT2D eigenvalue weighted by molar-refractivity contribution is 6.07. The Hall–Kier alpha value is -2.30. The molecule has 5 heteroatoms. The Morgan fingerprint density at radius 3 is 2.50 bits per heavy atom. The molecule has 1 aromatic carbocycles. The Labute approximate surface area is 128 Å². The molecule has 0 unspecified atom stereocenters. The molecule has 0 radical (unpaired) electrons. The summed E-state index contributed by atoms with van der Waals surface area (Å²) in [5.74, 6) is -1.25. The number of carboxylic acid groups (broad SMARTS) is 1. The van der Waals surface area contributed by atoms with E-state index < -0.39 is 11.5 Å². The molecule has 0 spiro atoms. The zero-order valence-electron chi connectivity index (χ0n) is 12.4. The lowest BCUT2D eigenvalue weighted by Gasteiger charge is -2.29. The molecule has 1 saturated carbocycles. The number of aromatic amines is 1. The zero-order valence-corrected chi connectivity index (χ0v) is 12.4. The van der Waals surface area contributed by atoms with Crippen molar-refractivity contribution in [3.05, 3.63) is 36.0 Å². The van der Waals surface area contributed by atoms with Crippen LogP contribution in [0, 0.1) is 0 Å². The van der Waals surface area contributed by atoms with Gasteiger partial charge in [0, 0.05) is 11.6 Å². The van der Waals surface area contributed by atoms with Crippen LogP contribution in [0.3, 0.4) is 0 Å². The van der Waals surface area contributed by atoms with Gasteiger partial charge in [-0.05, 0) is 25.0 Å². The van der Waals surface area contributed by atoms with Crippen LogP contribution >= 0.6 is 0 Å². The van der Waals surface area contributed by atoms with E-state index in [2.05, 4.69) is 10.3 Å². The molecule has 0 atom stereocenters. The van der Waals surface area contributed by atoms with E-state index in [0.29, 0.717) is 18.4 Å². The van der Waals surface area contributed by atoms with Crippen LogP contribution in [0.1, 0.15) is 48.9 Å². The molecular formula is C17H20N2O3. The first-order chi connectivity index (χ1) is 10.6. The van der Waals surface area contributed by atoms with Crippen molar-refractivity contribution in [3.8, 4) is 0 Å². The second-order valence-corrected chi connectivity index (χ2v) is 6.00. The third kappa shape index (κ3) is 2.58. The molecule has 116 valence electrons. The lowest BCUT2D eigenvalue weighted by atomic mass is 9.89. The fourth-order valence-electron chi connectivity index (χ4n) is 3.28. The Kier molecular flexibility index (Phi) is 3.88. The molecule has 0 saturated heterocycles. The van der Waals surface area contributed by atoms with Crippen LogP contribution in [0.25, 0.3) is 10.9 Å². The number of carboxylic acids is 1. The molecule has 3 N–H and O–H groups in total. The van der Waals surface area contributed by atoms with Crippen molar-refractivity contribution >= 4 is 22.8 Å². The van der Waals surface area contributed by atoms with Gasteiger partial charge >= 0.3 is 5.97 Å². The number of aliphatic carboxylic acids is 1. The topological polar surface area (TPSA) is 82.2 Å². The minimum absolute atomic E-state index is 0.322. The minimum Gasteiger partial charge on any atom is -0.480 e. The average molecular weight is 300 g/mol. The molecule has 0 aliphatic heterocycles. The summed E-state index contributed by atoms with van der Waals surface area (Å²) in [6, 6.07) is 7.35. The number of nitrogens with one attached hydrogen (secondary N) is 2. The second-order valence-electron chi connectivity index (χ2n) is 6.00. The van der Waals surface area contributed by atoms with Crippen molar-refractivity contribution < 1.29 is 14.7 Å². The van der Waals surface area contributed by atoms with Crippen molar-refractivity contribution in [2.24, 2.45) is 0 Å². The van der Waals surface area contributed by atoms with Gasteiger partial charge in [0.1, 0.15) is 5.54 Å². The van der Waals surface area contributed by atoms with E-state index in [1.54, 1.807) is 12.3 Å². The number of hydrogen-bond donors (Lipinski definition) is 3. The number of fused-ring (bicyclic) bond motifs is 1. The van der Waals surface area contributed by atoms with Crippen molar-refractivity contribution in [1.82, 2.24) is 10.3 Å². The van der Waals surface area contributed by atoms with Crippen LogP contribution in [0.15, 0.2) is 30.5 Å². The Morgan fingerprint density at radius 1 is 1.09 bits per heavy atom. The quantitative estimate of drug-likeness (QED) is 0.762. The van der Waals surface area contributed by atoms with Crippen LogP contribution in [-0.4, -0.2) is 27.5 Å². The van der Waals surface area contributed by atoms with Gasteiger partial charge in [0.2, 0.25) is 0 Å². The van der Waals surface area contributed by atoms with E-state index >= 15 is 0 Å². The third-order valence-electron chi connectivity index (χ3n) is 4.55. The zero-order chi connectivity index (χ0) is 15.6. The lowest BCUT2D eigenvalue weighted by molar-refractivity contribution is -0.145. The first-order valence-electron chi connectivity index (χ1n) is 7.74. The molecule has 3 rings (SSSR count). The maximum atomic E-state index is 12.7. The van der Waals surface area contributed by atoms with Gasteiger partial charge in [0.25, 0.3) is 5.91 Å². The molecule has 1 aliphatic rings. The largest absolute Gasteiger partial charge is 0.480 e. The number of aromatic nitrogens is 1. The van der Waals surface area contributed by atoms with Gasteiger partial charge in [0.05, 0.1) is 11.1 Å². The van der Waals surface area contributed by atoms with Crippen molar-refractivity contribution in [2.75, 3.05) is 0 Å². The molecule has 1 aromatic heterocycles. The van der Waals surface area contributed by atoms with Gasteiger partial charge in [-0.3, -0.25) is 4.79 Å². The fraction of sp³-hybridized carbons (Fsp3) is 0.412. The smallest absolute Gasteiger partial charge is 0.329 e. The van der Waals surface area contributed by atoms with Crippen LogP contribution in [0.4, 0.5) is 0 Å². The normalized spacial score (nSPS) is 17.8. The lowest BCUT2D eigenvalue weighted by Crippen LogP contribution is -2.54. The molecule has 22 heavy (non-hydrogen) atoms. The summed E-state index contributed by atoms with van der Waals surface area (Å²) in [6.07, 6.45) is 6.48. The predicted octanol–water partition coefficient (Wildman–Crippen LogP) is 3.08. The number of benzene rings is 1. The summed E-state index contributed by atoms with van der Waals surface area (Å²) in [6.45, 7) is 0. The van der Waals surface area contributed by atoms with E-state index in [9.17, 15) is 14.7 Å². The highest BCUT2D eigenvalue weighted by atomic mass is 16.4. The van der Waals surface area contributed by atoms with Crippen molar-refractivity contribution in [2.45, 2.75) is 44.1 Å². The summed E-state index contributed by atoms with van der Waals surface area (Å²) in [7, 11) is 0. The molecular weight excluding hydrogens is 280 g/mol. The summed E-state index contributed by atoms with van der Waals surface area (Å²) < 4.78 is 0. The van der Waals surface area contributed by atoms with Crippen LogP contribution in [0.5, 0.6) is 0 Å². The number of carbonyl (C=O) groups is 2. The van der Waals surface area contributed by atoms with Gasteiger partial charge in [-0.2, -0.15) is 0 Å². The number of H-pyrrole nitrogens is 1. The van der Waals surface area contributed by atoms with E-state index in [4.69, 9.17) is 0 Å². The van der Waals surface area contributed by atoms with Gasteiger partial charge in [-0.1, -0.05) is 37.8 Å². The Bertz CT molecular complexity index is 697. The number of hydrogen-bond acceptors (Lipinski definition) is 2. The van der Waals surface area contributed by atoms with Gasteiger partial charge in [-0.15, -0.1) is 0 Å². The van der Waals surface area contributed by atoms with Gasteiger partial charge in [-0.25, -0.2) is 4.79 Å². The molecule has 0 bridgehead atoms. The number of para-hydroxylation sites is 1. The average Bonchev–Trinajstić information content (AvgIpc) is 2.86. The SMILES string of the molecule is O=C(NC1(C(=O)O)CCCCCC1)c1cccc2cc[nH]c12. The maximum Gasteiger partial charge on any atom is 0.329 e. The molecule has 1 amide bonds. The van der Waals surface area contributed by atoms with Crippen molar-refractivity contribution in [1.29, 1.82) is 0 Å². The Morgan fingerprint density at radius 2 is 1.82 bits per heavy atom. The van der Waals surface area contributed by atoms with E-state index in [1.165, 1.54) is 0 Å². The maximum absolute atomic E-state index is 12.7. The van der Waals surface area contributed by atoms with E-state index in [1.807, 2.05) is 18.2 Å². The molecule has 1 fully saturated rings. The van der Waals surface area contributed by atoms with E-state index in [-0.39, 0.29) is 5.91 Å². The number of carbonyl (C=O) groups excluding carboxylic acids is 1. The van der Waals surface area contributed by atoms with Gasteiger partial charge in [0.15, 0.2) is 0 Å². The predicted molar refractivity (Wildman–Crippen MR) is 83.8 cm³/mol. The molecule has 5 nitrogen and oxygen atoms in total. The third-order valence-corrected chi connectivity index (χ3v) is 4.55. The summed E-state index contributed by atoms with van der Waals surface area (Å²) in [5.41, 5.74) is 0.101. The summed E-state index contributed by atoms with van der Waals surface area (Å²) in [5, 5.41) is 13.4. The summed E-state index contributed by atoms with van der Waals surface area (Å²) in [4.78, 5) is 27.5. The van der Waals surface area contributed by atoms with E-state index in [0.717, 1.165) is 36.6 Å².